The van der Waals surface area contributed by atoms with Crippen LogP contribution in [-0.4, -0.2) is 15.0 Å². The molecule has 0 atom stereocenters. The lowest BCUT2D eigenvalue weighted by Gasteiger charge is -2.05. The highest BCUT2D eigenvalue weighted by molar-refractivity contribution is 6.34. The van der Waals surface area contributed by atoms with Gasteiger partial charge in [-0.1, -0.05) is 17.7 Å². The van der Waals surface area contributed by atoms with E-state index in [-0.39, 0.29) is 0 Å². The highest BCUT2D eigenvalue weighted by Crippen LogP contribution is 2.29. The molecule has 88 valence electrons. The van der Waals surface area contributed by atoms with Crippen molar-refractivity contribution >= 4 is 28.3 Å². The normalized spacial score (nSPS) is 10.7. The summed E-state index contributed by atoms with van der Waals surface area (Å²) < 4.78 is 0. The first-order valence-electron chi connectivity index (χ1n) is 5.36. The third-order valence-electron chi connectivity index (χ3n) is 2.64. The highest BCUT2D eigenvalue weighted by Gasteiger charge is 2.07. The summed E-state index contributed by atoms with van der Waals surface area (Å²) in [6.07, 6.45) is 4.86. The van der Waals surface area contributed by atoms with Gasteiger partial charge in [-0.2, -0.15) is 0 Å². The first kappa shape index (κ1) is 10.9. The smallest absolute Gasteiger partial charge is 0.141 e. The fraction of sp³-hybridized carbons (Fsp3) is 0. The van der Waals surface area contributed by atoms with Gasteiger partial charge in [-0.15, -0.1) is 0 Å². The van der Waals surface area contributed by atoms with E-state index in [2.05, 4.69) is 15.0 Å². The lowest BCUT2D eigenvalue weighted by molar-refractivity contribution is 1.22. The van der Waals surface area contributed by atoms with Gasteiger partial charge in [-0.05, 0) is 18.2 Å². The van der Waals surface area contributed by atoms with Crippen molar-refractivity contribution in [3.05, 3.63) is 47.9 Å². The molecule has 2 N–H and O–H groups in total. The second kappa shape index (κ2) is 4.23. The molecule has 0 saturated heterocycles. The fourth-order valence-corrected chi connectivity index (χ4v) is 2.03. The molecule has 5 heteroatoms. The minimum atomic E-state index is 0.383. The maximum atomic E-state index is 6.25. The van der Waals surface area contributed by atoms with Gasteiger partial charge in [0.1, 0.15) is 5.82 Å². The molecule has 18 heavy (non-hydrogen) atoms. The average molecular weight is 257 g/mol. The molecule has 0 fully saturated rings. The standard InChI is InChI=1S/C13H9ClN4/c14-10-4-8-2-1-3-16-11(8)5-9(10)12-6-18-13(15)7-17-12/h1-7H,(H2,15,18). The summed E-state index contributed by atoms with van der Waals surface area (Å²) in [5.41, 5.74) is 7.87. The number of hydrogen-bond acceptors (Lipinski definition) is 4. The summed E-state index contributed by atoms with van der Waals surface area (Å²) in [6, 6.07) is 7.61. The van der Waals surface area contributed by atoms with E-state index in [1.54, 1.807) is 12.4 Å². The number of anilines is 1. The molecule has 0 amide bonds. The van der Waals surface area contributed by atoms with Gasteiger partial charge in [-0.3, -0.25) is 9.97 Å². The summed E-state index contributed by atoms with van der Waals surface area (Å²) in [6.45, 7) is 0. The number of hydrogen-bond donors (Lipinski definition) is 1. The Labute approximate surface area is 108 Å². The second-order valence-electron chi connectivity index (χ2n) is 3.85. The van der Waals surface area contributed by atoms with E-state index >= 15 is 0 Å². The Morgan fingerprint density at radius 2 is 1.94 bits per heavy atom. The summed E-state index contributed by atoms with van der Waals surface area (Å²) >= 11 is 6.25. The van der Waals surface area contributed by atoms with Crippen LogP contribution in [0.15, 0.2) is 42.9 Å². The number of fused-ring (bicyclic) bond motifs is 1. The molecule has 0 spiro atoms. The van der Waals surface area contributed by atoms with Crippen molar-refractivity contribution in [1.82, 2.24) is 15.0 Å². The van der Waals surface area contributed by atoms with Crippen LogP contribution in [0.3, 0.4) is 0 Å². The molecule has 0 radical (unpaired) electrons. The van der Waals surface area contributed by atoms with Gasteiger partial charge in [0, 0.05) is 17.1 Å². The summed E-state index contributed by atoms with van der Waals surface area (Å²) in [5, 5.41) is 1.62. The molecule has 4 nitrogen and oxygen atoms in total. The zero-order valence-corrected chi connectivity index (χ0v) is 10.1. The quantitative estimate of drug-likeness (QED) is 0.727. The molecule has 0 saturated carbocycles. The van der Waals surface area contributed by atoms with Gasteiger partial charge in [0.15, 0.2) is 0 Å². The average Bonchev–Trinajstić information content (AvgIpc) is 2.39. The lowest BCUT2D eigenvalue weighted by atomic mass is 10.1. The molecule has 2 heterocycles. The molecule has 0 aliphatic carbocycles. The molecule has 3 rings (SSSR count). The van der Waals surface area contributed by atoms with Crippen LogP contribution in [0, 0.1) is 0 Å². The molecular formula is C13H9ClN4. The van der Waals surface area contributed by atoms with Crippen LogP contribution in [0.5, 0.6) is 0 Å². The van der Waals surface area contributed by atoms with Crippen LogP contribution < -0.4 is 5.73 Å². The zero-order valence-electron chi connectivity index (χ0n) is 9.34. The number of nitrogens with zero attached hydrogens (tertiary/aromatic N) is 3. The van der Waals surface area contributed by atoms with Crippen molar-refractivity contribution in [2.75, 3.05) is 5.73 Å². The minimum absolute atomic E-state index is 0.383. The van der Waals surface area contributed by atoms with Crippen molar-refractivity contribution in [3.8, 4) is 11.3 Å². The van der Waals surface area contributed by atoms with Crippen LogP contribution in [0.2, 0.25) is 5.02 Å². The van der Waals surface area contributed by atoms with Crippen molar-refractivity contribution in [2.24, 2.45) is 0 Å². The van der Waals surface area contributed by atoms with Gasteiger partial charge < -0.3 is 5.73 Å². The van der Waals surface area contributed by atoms with Gasteiger partial charge >= 0.3 is 0 Å². The number of nitrogens with two attached hydrogens (primary N) is 1. The first-order valence-corrected chi connectivity index (χ1v) is 5.74. The molecular weight excluding hydrogens is 248 g/mol. The number of pyridine rings is 1. The third-order valence-corrected chi connectivity index (χ3v) is 2.95. The molecule has 2 aromatic heterocycles. The number of rotatable bonds is 1. The van der Waals surface area contributed by atoms with Gasteiger partial charge in [0.2, 0.25) is 0 Å². The maximum absolute atomic E-state index is 6.25. The Bertz CT molecular complexity index is 710. The monoisotopic (exact) mass is 256 g/mol. The maximum Gasteiger partial charge on any atom is 0.141 e. The Morgan fingerprint density at radius 1 is 1.06 bits per heavy atom. The van der Waals surface area contributed by atoms with Crippen LogP contribution in [0.1, 0.15) is 0 Å². The van der Waals surface area contributed by atoms with Crippen LogP contribution in [0.4, 0.5) is 5.82 Å². The molecule has 1 aromatic carbocycles. The number of halogens is 1. The second-order valence-corrected chi connectivity index (χ2v) is 4.26. The molecule has 0 aliphatic heterocycles. The highest BCUT2D eigenvalue weighted by atomic mass is 35.5. The number of nitrogen functional groups attached to an aromatic ring is 1. The molecule has 0 bridgehead atoms. The van der Waals surface area contributed by atoms with Gasteiger partial charge in [0.05, 0.1) is 28.6 Å². The van der Waals surface area contributed by atoms with Crippen LogP contribution in [0.25, 0.3) is 22.2 Å². The Morgan fingerprint density at radius 3 is 2.72 bits per heavy atom. The van der Waals surface area contributed by atoms with E-state index in [1.165, 1.54) is 6.20 Å². The third kappa shape index (κ3) is 1.87. The van der Waals surface area contributed by atoms with E-state index in [9.17, 15) is 0 Å². The van der Waals surface area contributed by atoms with E-state index in [0.29, 0.717) is 16.5 Å². The summed E-state index contributed by atoms with van der Waals surface area (Å²) in [7, 11) is 0. The van der Waals surface area contributed by atoms with Gasteiger partial charge in [-0.25, -0.2) is 4.98 Å². The Hall–Kier alpha value is -2.20. The largest absolute Gasteiger partial charge is 0.382 e. The van der Waals surface area contributed by atoms with Crippen molar-refractivity contribution in [3.63, 3.8) is 0 Å². The zero-order chi connectivity index (χ0) is 12.5. The van der Waals surface area contributed by atoms with E-state index < -0.39 is 0 Å². The van der Waals surface area contributed by atoms with E-state index in [1.807, 2.05) is 24.3 Å². The van der Waals surface area contributed by atoms with Crippen molar-refractivity contribution in [2.45, 2.75) is 0 Å². The molecule has 3 aromatic rings. The van der Waals surface area contributed by atoms with E-state index in [4.69, 9.17) is 17.3 Å². The summed E-state index contributed by atoms with van der Waals surface area (Å²) in [5.74, 6) is 0.383. The topological polar surface area (TPSA) is 64.7 Å². The van der Waals surface area contributed by atoms with Crippen LogP contribution >= 0.6 is 11.6 Å². The lowest BCUT2D eigenvalue weighted by Crippen LogP contribution is -1.93. The SMILES string of the molecule is Nc1cnc(-c2cc3ncccc3cc2Cl)cn1. The molecule has 0 unspecified atom stereocenters. The Balaban J connectivity index is 2.22. The van der Waals surface area contributed by atoms with E-state index in [0.717, 1.165) is 16.5 Å². The predicted octanol–water partition coefficient (Wildman–Crippen LogP) is 2.93. The molecule has 0 aliphatic rings. The van der Waals surface area contributed by atoms with Crippen LogP contribution in [-0.2, 0) is 0 Å². The number of benzene rings is 1. The van der Waals surface area contributed by atoms with Crippen molar-refractivity contribution in [1.29, 1.82) is 0 Å². The first-order chi connectivity index (χ1) is 8.74. The number of aromatic nitrogens is 3. The fourth-order valence-electron chi connectivity index (χ4n) is 1.77. The predicted molar refractivity (Wildman–Crippen MR) is 72.2 cm³/mol. The summed E-state index contributed by atoms with van der Waals surface area (Å²) in [4.78, 5) is 12.5. The Kier molecular flexibility index (Phi) is 2.57. The van der Waals surface area contributed by atoms with Crippen molar-refractivity contribution < 1.29 is 0 Å². The minimum Gasteiger partial charge on any atom is -0.382 e. The van der Waals surface area contributed by atoms with Gasteiger partial charge in [0.25, 0.3) is 0 Å².